The molecule has 1 amide bonds. The van der Waals surface area contributed by atoms with Gasteiger partial charge in [-0.15, -0.1) is 0 Å². The van der Waals surface area contributed by atoms with Gasteiger partial charge in [0, 0.05) is 0 Å². The third-order valence-electron chi connectivity index (χ3n) is 1.89. The van der Waals surface area contributed by atoms with Gasteiger partial charge in [0.25, 0.3) is 0 Å². The van der Waals surface area contributed by atoms with E-state index in [0.29, 0.717) is 11.6 Å². The molecule has 2 N–H and O–H groups in total. The molecule has 0 atom stereocenters. The molecule has 1 aliphatic heterocycles. The lowest BCUT2D eigenvalue weighted by Crippen LogP contribution is -2.42. The van der Waals surface area contributed by atoms with Gasteiger partial charge in [0.1, 0.15) is 10.5 Å². The highest BCUT2D eigenvalue weighted by atomic mass is 32.2. The Hall–Kier alpha value is -1.37. The van der Waals surface area contributed by atoms with E-state index < -0.39 is 17.7 Å². The molecule has 0 fully saturated rings. The van der Waals surface area contributed by atoms with Crippen molar-refractivity contribution in [1.29, 1.82) is 0 Å². The van der Waals surface area contributed by atoms with Crippen LogP contribution in [0.1, 0.15) is 27.7 Å². The van der Waals surface area contributed by atoms with E-state index in [2.05, 4.69) is 5.43 Å². The molecule has 1 aliphatic rings. The molecule has 0 radical (unpaired) electrons. The van der Waals surface area contributed by atoms with Crippen molar-refractivity contribution in [3.8, 4) is 0 Å². The van der Waals surface area contributed by atoms with Crippen LogP contribution >= 0.6 is 11.8 Å². The first-order valence-electron chi connectivity index (χ1n) is 5.05. The van der Waals surface area contributed by atoms with Crippen molar-refractivity contribution in [3.05, 3.63) is 10.6 Å². The number of amides is 1. The number of carboxylic acid groups (broad SMARTS) is 1. The van der Waals surface area contributed by atoms with E-state index in [9.17, 15) is 9.59 Å². The van der Waals surface area contributed by atoms with Crippen LogP contribution in [0.25, 0.3) is 0 Å². The van der Waals surface area contributed by atoms with Crippen molar-refractivity contribution in [2.24, 2.45) is 0 Å². The van der Waals surface area contributed by atoms with Crippen LogP contribution in [-0.4, -0.2) is 33.7 Å². The Bertz CT molecular complexity index is 373. The number of aliphatic carboxylic acids is 1. The number of hydrogen-bond acceptors (Lipinski definition) is 5. The number of thioether (sulfide) groups is 1. The first-order valence-corrected chi connectivity index (χ1v) is 6.03. The third-order valence-corrected chi connectivity index (χ3v) is 3.04. The van der Waals surface area contributed by atoms with Gasteiger partial charge in [0.2, 0.25) is 0 Å². The second-order valence-corrected chi connectivity index (χ2v) is 5.49. The van der Waals surface area contributed by atoms with Crippen molar-refractivity contribution in [2.45, 2.75) is 33.3 Å². The fourth-order valence-electron chi connectivity index (χ4n) is 1.20. The van der Waals surface area contributed by atoms with Gasteiger partial charge in [-0.1, -0.05) is 11.8 Å². The van der Waals surface area contributed by atoms with Crippen molar-refractivity contribution in [1.82, 2.24) is 10.4 Å². The molecule has 6 nitrogen and oxygen atoms in total. The Morgan fingerprint density at radius 2 is 2.06 bits per heavy atom. The molecule has 0 spiro atoms. The minimum Gasteiger partial charge on any atom is -0.477 e. The number of nitrogens with zero attached hydrogens (tertiary/aromatic N) is 1. The zero-order valence-corrected chi connectivity index (χ0v) is 11.1. The quantitative estimate of drug-likeness (QED) is 0.787. The van der Waals surface area contributed by atoms with Crippen LogP contribution in [-0.2, 0) is 9.53 Å². The van der Waals surface area contributed by atoms with Crippen LogP contribution in [0, 0.1) is 0 Å². The van der Waals surface area contributed by atoms with Crippen molar-refractivity contribution in [2.75, 3.05) is 5.88 Å². The predicted octanol–water partition coefficient (Wildman–Crippen LogP) is 1.75. The van der Waals surface area contributed by atoms with Gasteiger partial charge < -0.3 is 9.84 Å². The smallest absolute Gasteiger partial charge is 0.426 e. The number of rotatable bonds is 2. The second kappa shape index (κ2) is 4.87. The summed E-state index contributed by atoms with van der Waals surface area (Å²) in [4.78, 5) is 22.5. The summed E-state index contributed by atoms with van der Waals surface area (Å²) in [7, 11) is 0. The maximum absolute atomic E-state index is 11.5. The minimum atomic E-state index is -0.985. The standard InChI is InChI=1S/C10H16N2O4S/c1-6-7(8(13)14)17-5-12(6)11-9(15)16-10(2,3)4/h5H2,1-4H3,(H,11,15)(H,13,14). The monoisotopic (exact) mass is 260 g/mol. The Kier molecular flexibility index (Phi) is 3.92. The van der Waals surface area contributed by atoms with Gasteiger partial charge >= 0.3 is 12.1 Å². The summed E-state index contributed by atoms with van der Waals surface area (Å²) in [5.74, 6) is -0.617. The number of hydrogen-bond donors (Lipinski definition) is 2. The molecule has 0 bridgehead atoms. The highest BCUT2D eigenvalue weighted by molar-refractivity contribution is 8.04. The summed E-state index contributed by atoms with van der Waals surface area (Å²) in [6.45, 7) is 6.92. The molecule has 0 unspecified atom stereocenters. The molecule has 0 saturated carbocycles. The molecular weight excluding hydrogens is 244 g/mol. The average Bonchev–Trinajstić information content (AvgIpc) is 2.44. The zero-order chi connectivity index (χ0) is 13.2. The summed E-state index contributed by atoms with van der Waals surface area (Å²) in [6.07, 6.45) is -0.593. The van der Waals surface area contributed by atoms with Crippen molar-refractivity contribution in [3.63, 3.8) is 0 Å². The van der Waals surface area contributed by atoms with Gasteiger partial charge in [-0.25, -0.2) is 15.0 Å². The second-order valence-electron chi connectivity index (χ2n) is 4.53. The van der Waals surface area contributed by atoms with Gasteiger partial charge in [0.05, 0.1) is 11.6 Å². The lowest BCUT2D eigenvalue weighted by atomic mass is 10.2. The molecule has 1 heterocycles. The highest BCUT2D eigenvalue weighted by Gasteiger charge is 2.27. The van der Waals surface area contributed by atoms with Gasteiger partial charge in [-0.3, -0.25) is 5.01 Å². The average molecular weight is 260 g/mol. The maximum Gasteiger partial charge on any atom is 0.426 e. The van der Waals surface area contributed by atoms with E-state index >= 15 is 0 Å². The molecule has 17 heavy (non-hydrogen) atoms. The molecular formula is C10H16N2O4S. The van der Waals surface area contributed by atoms with E-state index in [-0.39, 0.29) is 4.91 Å². The minimum absolute atomic E-state index is 0.237. The number of carbonyl (C=O) groups is 2. The molecule has 0 aromatic rings. The number of hydrazine groups is 1. The largest absolute Gasteiger partial charge is 0.477 e. The van der Waals surface area contributed by atoms with E-state index in [1.54, 1.807) is 27.7 Å². The first-order chi connectivity index (χ1) is 7.70. The summed E-state index contributed by atoms with van der Waals surface area (Å²) in [6, 6.07) is 0. The van der Waals surface area contributed by atoms with Crippen LogP contribution in [0.3, 0.4) is 0 Å². The summed E-state index contributed by atoms with van der Waals surface area (Å²) in [5, 5.41) is 10.3. The van der Waals surface area contributed by atoms with E-state index in [1.807, 2.05) is 0 Å². The van der Waals surface area contributed by atoms with Crippen LogP contribution < -0.4 is 5.43 Å². The molecule has 96 valence electrons. The predicted molar refractivity (Wildman–Crippen MR) is 64.0 cm³/mol. The molecule has 0 saturated heterocycles. The van der Waals surface area contributed by atoms with Crippen LogP contribution in [0.4, 0.5) is 4.79 Å². The van der Waals surface area contributed by atoms with Crippen LogP contribution in [0.2, 0.25) is 0 Å². The topological polar surface area (TPSA) is 78.9 Å². The van der Waals surface area contributed by atoms with Crippen LogP contribution in [0.5, 0.6) is 0 Å². The van der Waals surface area contributed by atoms with E-state index in [0.717, 1.165) is 11.8 Å². The Labute approximate surface area is 104 Å². The molecule has 0 aromatic carbocycles. The molecule has 7 heteroatoms. The summed E-state index contributed by atoms with van der Waals surface area (Å²) in [5.41, 5.74) is 2.43. The van der Waals surface area contributed by atoms with Crippen LogP contribution in [0.15, 0.2) is 10.6 Å². The van der Waals surface area contributed by atoms with E-state index in [4.69, 9.17) is 9.84 Å². The highest BCUT2D eigenvalue weighted by Crippen LogP contribution is 2.30. The van der Waals surface area contributed by atoms with Gasteiger partial charge in [-0.2, -0.15) is 0 Å². The maximum atomic E-state index is 11.5. The van der Waals surface area contributed by atoms with Gasteiger partial charge in [0.15, 0.2) is 0 Å². The Morgan fingerprint density at radius 3 is 2.47 bits per heavy atom. The lowest BCUT2D eigenvalue weighted by molar-refractivity contribution is -0.131. The zero-order valence-electron chi connectivity index (χ0n) is 10.2. The third kappa shape index (κ3) is 3.85. The molecule has 0 aromatic heterocycles. The number of nitrogens with one attached hydrogen (secondary N) is 1. The SMILES string of the molecule is CC1=C(C(=O)O)SCN1NC(=O)OC(C)(C)C. The Balaban J connectivity index is 2.61. The number of carbonyl (C=O) groups excluding carboxylic acids is 1. The fraction of sp³-hybridized carbons (Fsp3) is 0.600. The Morgan fingerprint density at radius 1 is 1.47 bits per heavy atom. The molecule has 1 rings (SSSR count). The number of allylic oxidation sites excluding steroid dienone is 1. The van der Waals surface area contributed by atoms with Gasteiger partial charge in [-0.05, 0) is 27.7 Å². The molecule has 0 aliphatic carbocycles. The normalized spacial score (nSPS) is 16.1. The summed E-state index contributed by atoms with van der Waals surface area (Å²) >= 11 is 1.16. The number of carboxylic acids is 1. The number of ether oxygens (including phenoxy) is 1. The van der Waals surface area contributed by atoms with Crippen molar-refractivity contribution >= 4 is 23.8 Å². The fourth-order valence-corrected chi connectivity index (χ4v) is 2.16. The van der Waals surface area contributed by atoms with Crippen molar-refractivity contribution < 1.29 is 19.4 Å². The summed E-state index contributed by atoms with van der Waals surface area (Å²) < 4.78 is 5.07. The first kappa shape index (κ1) is 13.7. The lowest BCUT2D eigenvalue weighted by Gasteiger charge is -2.24. The van der Waals surface area contributed by atoms with E-state index in [1.165, 1.54) is 5.01 Å².